The quantitative estimate of drug-likeness (QED) is 0.714. The minimum atomic E-state index is 0.244. The van der Waals surface area contributed by atoms with Gasteiger partial charge in [0, 0.05) is 36.6 Å². The second-order valence-corrected chi connectivity index (χ2v) is 7.80. The van der Waals surface area contributed by atoms with Crippen LogP contribution in [0.1, 0.15) is 31.5 Å². The van der Waals surface area contributed by atoms with Crippen molar-refractivity contribution in [1.29, 1.82) is 0 Å². The van der Waals surface area contributed by atoms with Crippen LogP contribution in [-0.2, 0) is 13.0 Å². The molecule has 1 aromatic carbocycles. The van der Waals surface area contributed by atoms with Gasteiger partial charge in [0.05, 0.1) is 5.69 Å². The Hall–Kier alpha value is -2.46. The first kappa shape index (κ1) is 17.0. The molecule has 2 heterocycles. The van der Waals surface area contributed by atoms with Crippen LogP contribution in [0.3, 0.4) is 0 Å². The first-order valence-corrected chi connectivity index (χ1v) is 9.26. The summed E-state index contributed by atoms with van der Waals surface area (Å²) in [6.07, 6.45) is 5.88. The molecule has 26 heavy (non-hydrogen) atoms. The maximum Gasteiger partial charge on any atom is 0.167 e. The third-order valence-corrected chi connectivity index (χ3v) is 5.82. The van der Waals surface area contributed by atoms with E-state index in [0.29, 0.717) is 12.0 Å². The third-order valence-electron chi connectivity index (χ3n) is 5.82. The molecule has 0 amide bonds. The van der Waals surface area contributed by atoms with Crippen LogP contribution < -0.4 is 5.32 Å². The van der Waals surface area contributed by atoms with Gasteiger partial charge in [0.15, 0.2) is 5.76 Å². The lowest BCUT2D eigenvalue weighted by Gasteiger charge is -2.52. The van der Waals surface area contributed by atoms with E-state index in [1.165, 1.54) is 12.0 Å². The maximum atomic E-state index is 5.55. The summed E-state index contributed by atoms with van der Waals surface area (Å²) in [5.41, 5.74) is 3.60. The largest absolute Gasteiger partial charge is 0.356 e. The summed E-state index contributed by atoms with van der Waals surface area (Å²) < 4.78 is 5.55. The number of nitrogens with one attached hydrogen (secondary N) is 1. The fraction of sp³-hybridized carbons (Fsp3) is 0.364. The van der Waals surface area contributed by atoms with E-state index in [1.54, 1.807) is 0 Å². The Bertz CT molecular complexity index is 842. The van der Waals surface area contributed by atoms with Gasteiger partial charge in [-0.05, 0) is 35.8 Å². The van der Waals surface area contributed by atoms with Gasteiger partial charge in [-0.1, -0.05) is 55.4 Å². The van der Waals surface area contributed by atoms with Gasteiger partial charge < -0.3 is 9.84 Å². The zero-order chi connectivity index (χ0) is 18.0. The van der Waals surface area contributed by atoms with Crippen LogP contribution in [0.5, 0.6) is 0 Å². The van der Waals surface area contributed by atoms with E-state index in [0.717, 1.165) is 30.0 Å². The standard InChI is InChI=1S/C22H25N3O/c1-22(2)18(12-21(22)24-15-16-7-6-10-23-14-16)11-19-13-20(26-25-19)17-8-4-3-5-9-17/h3-10,13-14,18,21,24H,11-12,15H2,1-2H3/t18-,21+/m1/s1. The Morgan fingerprint density at radius 2 is 2.00 bits per heavy atom. The van der Waals surface area contributed by atoms with Crippen molar-refractivity contribution in [2.75, 3.05) is 0 Å². The zero-order valence-corrected chi connectivity index (χ0v) is 15.4. The van der Waals surface area contributed by atoms with Gasteiger partial charge in [-0.2, -0.15) is 0 Å². The Morgan fingerprint density at radius 1 is 1.15 bits per heavy atom. The fourth-order valence-corrected chi connectivity index (χ4v) is 3.85. The molecule has 0 radical (unpaired) electrons. The van der Waals surface area contributed by atoms with Crippen LogP contribution in [-0.4, -0.2) is 16.2 Å². The average molecular weight is 347 g/mol. The molecular formula is C22H25N3O. The Kier molecular flexibility index (Phi) is 4.60. The summed E-state index contributed by atoms with van der Waals surface area (Å²) in [6, 6.07) is 16.9. The number of nitrogens with zero attached hydrogens (tertiary/aromatic N) is 2. The average Bonchev–Trinajstić information content (AvgIpc) is 3.14. The van der Waals surface area contributed by atoms with Gasteiger partial charge in [-0.3, -0.25) is 4.98 Å². The first-order chi connectivity index (χ1) is 12.6. The predicted octanol–water partition coefficient (Wildman–Crippen LogP) is 4.48. The molecule has 0 aliphatic heterocycles. The van der Waals surface area contributed by atoms with Crippen molar-refractivity contribution < 1.29 is 4.52 Å². The topological polar surface area (TPSA) is 51.0 Å². The van der Waals surface area contributed by atoms with Crippen LogP contribution in [0, 0.1) is 11.3 Å². The Labute approximate surface area is 154 Å². The Balaban J connectivity index is 1.34. The lowest BCUT2D eigenvalue weighted by molar-refractivity contribution is 0.0125. The van der Waals surface area contributed by atoms with Crippen molar-refractivity contribution in [3.05, 3.63) is 72.2 Å². The van der Waals surface area contributed by atoms with E-state index in [-0.39, 0.29) is 5.41 Å². The molecule has 2 aromatic heterocycles. The molecule has 1 saturated carbocycles. The smallest absolute Gasteiger partial charge is 0.167 e. The highest BCUT2D eigenvalue weighted by atomic mass is 16.5. The van der Waals surface area contributed by atoms with Gasteiger partial charge in [0.2, 0.25) is 0 Å². The van der Waals surface area contributed by atoms with E-state index >= 15 is 0 Å². The zero-order valence-electron chi connectivity index (χ0n) is 15.4. The molecular weight excluding hydrogens is 322 g/mol. The number of rotatable bonds is 6. The molecule has 0 bridgehead atoms. The minimum absolute atomic E-state index is 0.244. The van der Waals surface area contributed by atoms with Crippen molar-refractivity contribution in [3.63, 3.8) is 0 Å². The van der Waals surface area contributed by atoms with Crippen LogP contribution in [0.4, 0.5) is 0 Å². The SMILES string of the molecule is CC1(C)[C@H](Cc2cc(-c3ccccc3)on2)C[C@@H]1NCc1cccnc1. The number of hydrogen-bond acceptors (Lipinski definition) is 4. The lowest BCUT2D eigenvalue weighted by atomic mass is 9.57. The molecule has 1 N–H and O–H groups in total. The second-order valence-electron chi connectivity index (χ2n) is 7.80. The van der Waals surface area contributed by atoms with Crippen LogP contribution in [0.2, 0.25) is 0 Å². The monoisotopic (exact) mass is 347 g/mol. The van der Waals surface area contributed by atoms with E-state index in [1.807, 2.05) is 36.7 Å². The number of hydrogen-bond donors (Lipinski definition) is 1. The van der Waals surface area contributed by atoms with Crippen LogP contribution in [0.15, 0.2) is 65.4 Å². The van der Waals surface area contributed by atoms with Gasteiger partial charge in [0.25, 0.3) is 0 Å². The van der Waals surface area contributed by atoms with Crippen LogP contribution in [0.25, 0.3) is 11.3 Å². The van der Waals surface area contributed by atoms with E-state index < -0.39 is 0 Å². The highest BCUT2D eigenvalue weighted by Crippen LogP contribution is 2.48. The molecule has 3 aromatic rings. The minimum Gasteiger partial charge on any atom is -0.356 e. The molecule has 134 valence electrons. The number of aromatic nitrogens is 2. The lowest BCUT2D eigenvalue weighted by Crippen LogP contribution is -2.57. The molecule has 1 aliphatic carbocycles. The summed E-state index contributed by atoms with van der Waals surface area (Å²) in [5, 5.41) is 7.98. The second kappa shape index (κ2) is 7.04. The predicted molar refractivity (Wildman–Crippen MR) is 102 cm³/mol. The summed E-state index contributed by atoms with van der Waals surface area (Å²) in [6.45, 7) is 5.57. The number of benzene rings is 1. The van der Waals surface area contributed by atoms with Gasteiger partial charge in [-0.25, -0.2) is 0 Å². The molecule has 0 unspecified atom stereocenters. The summed E-state index contributed by atoms with van der Waals surface area (Å²) in [7, 11) is 0. The Morgan fingerprint density at radius 3 is 2.73 bits per heavy atom. The molecule has 1 aliphatic rings. The molecule has 2 atom stereocenters. The van der Waals surface area contributed by atoms with Crippen molar-refractivity contribution in [1.82, 2.24) is 15.5 Å². The normalized spacial score (nSPS) is 21.3. The highest BCUT2D eigenvalue weighted by molar-refractivity contribution is 5.56. The molecule has 4 heteroatoms. The fourth-order valence-electron chi connectivity index (χ4n) is 3.85. The van der Waals surface area contributed by atoms with Gasteiger partial charge >= 0.3 is 0 Å². The first-order valence-electron chi connectivity index (χ1n) is 9.26. The van der Waals surface area contributed by atoms with E-state index in [9.17, 15) is 0 Å². The third kappa shape index (κ3) is 3.42. The molecule has 4 nitrogen and oxygen atoms in total. The van der Waals surface area contributed by atoms with Crippen LogP contribution >= 0.6 is 0 Å². The molecule has 0 saturated heterocycles. The molecule has 0 spiro atoms. The van der Waals surface area contributed by atoms with Crippen molar-refractivity contribution in [2.24, 2.45) is 11.3 Å². The van der Waals surface area contributed by atoms with Gasteiger partial charge in [0.1, 0.15) is 0 Å². The summed E-state index contributed by atoms with van der Waals surface area (Å²) in [5.74, 6) is 1.46. The molecule has 1 fully saturated rings. The van der Waals surface area contributed by atoms with Crippen molar-refractivity contribution in [2.45, 2.75) is 39.3 Å². The number of pyridine rings is 1. The summed E-state index contributed by atoms with van der Waals surface area (Å²) in [4.78, 5) is 4.18. The van der Waals surface area contributed by atoms with Gasteiger partial charge in [-0.15, -0.1) is 0 Å². The summed E-state index contributed by atoms with van der Waals surface area (Å²) >= 11 is 0. The van der Waals surface area contributed by atoms with E-state index in [4.69, 9.17) is 4.52 Å². The highest BCUT2D eigenvalue weighted by Gasteiger charge is 2.47. The van der Waals surface area contributed by atoms with Crippen molar-refractivity contribution >= 4 is 0 Å². The van der Waals surface area contributed by atoms with Crippen molar-refractivity contribution in [3.8, 4) is 11.3 Å². The maximum absolute atomic E-state index is 5.55. The van der Waals surface area contributed by atoms with E-state index in [2.05, 4.69) is 53.6 Å². The molecule has 4 rings (SSSR count).